The maximum absolute atomic E-state index is 11.7. The van der Waals surface area contributed by atoms with Gasteiger partial charge in [0.15, 0.2) is 0 Å². The standard InChI is InChI=1S/C12H14N2O5/c1-2-3-7-5-14(12(18)13-11(7)17)10-4-8(16)9(6-15)19-10/h5,8-10,15-16H,4,6H2,1H3,(H,13,17,18)/t8-,9+,10-/m1/s1. The molecule has 0 aliphatic carbocycles. The molecule has 1 aliphatic heterocycles. The fraction of sp³-hybridized carbons (Fsp3) is 0.500. The Morgan fingerprint density at radius 3 is 2.89 bits per heavy atom. The third-order valence-electron chi connectivity index (χ3n) is 2.92. The highest BCUT2D eigenvalue weighted by Crippen LogP contribution is 2.27. The van der Waals surface area contributed by atoms with Gasteiger partial charge in [0.05, 0.1) is 12.7 Å². The minimum absolute atomic E-state index is 0.146. The molecule has 0 spiro atoms. The molecule has 3 N–H and O–H groups in total. The zero-order chi connectivity index (χ0) is 14.0. The van der Waals surface area contributed by atoms with Gasteiger partial charge in [-0.3, -0.25) is 14.3 Å². The first-order valence-corrected chi connectivity index (χ1v) is 5.79. The molecule has 0 bridgehead atoms. The SMILES string of the molecule is CC#Cc1cn([C@H]2C[C@@H](O)[C@H](CO)O2)c(=O)[nH]c1=O. The van der Waals surface area contributed by atoms with Crippen LogP contribution in [0.5, 0.6) is 0 Å². The Morgan fingerprint density at radius 2 is 2.32 bits per heavy atom. The minimum Gasteiger partial charge on any atom is -0.394 e. The smallest absolute Gasteiger partial charge is 0.330 e. The molecule has 102 valence electrons. The lowest BCUT2D eigenvalue weighted by molar-refractivity contribution is -0.0459. The molecule has 7 heteroatoms. The van der Waals surface area contributed by atoms with E-state index in [4.69, 9.17) is 9.84 Å². The van der Waals surface area contributed by atoms with Crippen LogP contribution in [0.25, 0.3) is 0 Å². The van der Waals surface area contributed by atoms with Crippen LogP contribution in [-0.4, -0.2) is 38.6 Å². The zero-order valence-corrected chi connectivity index (χ0v) is 10.3. The van der Waals surface area contributed by atoms with Gasteiger partial charge in [-0.05, 0) is 6.92 Å². The molecule has 7 nitrogen and oxygen atoms in total. The molecule has 1 aromatic rings. The monoisotopic (exact) mass is 266 g/mol. The summed E-state index contributed by atoms with van der Waals surface area (Å²) in [4.78, 5) is 25.3. The fourth-order valence-electron chi connectivity index (χ4n) is 1.97. The minimum atomic E-state index is -0.852. The predicted molar refractivity (Wildman–Crippen MR) is 65.5 cm³/mol. The Kier molecular flexibility index (Phi) is 3.85. The molecule has 2 rings (SSSR count). The van der Waals surface area contributed by atoms with Crippen LogP contribution in [0.1, 0.15) is 25.1 Å². The average molecular weight is 266 g/mol. The van der Waals surface area contributed by atoms with Crippen molar-refractivity contribution in [1.82, 2.24) is 9.55 Å². The van der Waals surface area contributed by atoms with Crippen LogP contribution in [0.3, 0.4) is 0 Å². The fourth-order valence-corrected chi connectivity index (χ4v) is 1.97. The van der Waals surface area contributed by atoms with Crippen LogP contribution in [0.2, 0.25) is 0 Å². The highest BCUT2D eigenvalue weighted by Gasteiger charge is 2.35. The topological polar surface area (TPSA) is 105 Å². The van der Waals surface area contributed by atoms with Gasteiger partial charge >= 0.3 is 5.69 Å². The molecule has 2 heterocycles. The number of H-pyrrole nitrogens is 1. The number of nitrogens with zero attached hydrogens (tertiary/aromatic N) is 1. The van der Waals surface area contributed by atoms with Gasteiger partial charge in [-0.15, -0.1) is 5.92 Å². The van der Waals surface area contributed by atoms with Crippen molar-refractivity contribution in [3.8, 4) is 11.8 Å². The summed E-state index contributed by atoms with van der Waals surface area (Å²) < 4.78 is 6.52. The molecule has 0 radical (unpaired) electrons. The lowest BCUT2D eigenvalue weighted by Gasteiger charge is -2.14. The van der Waals surface area contributed by atoms with Crippen molar-refractivity contribution in [3.63, 3.8) is 0 Å². The number of aromatic nitrogens is 2. The molecular weight excluding hydrogens is 252 g/mol. The summed E-state index contributed by atoms with van der Waals surface area (Å²) in [5, 5.41) is 18.6. The van der Waals surface area contributed by atoms with Crippen LogP contribution in [0.15, 0.2) is 15.8 Å². The number of rotatable bonds is 2. The predicted octanol–water partition coefficient (Wildman–Crippen LogP) is -1.45. The highest BCUT2D eigenvalue weighted by molar-refractivity contribution is 5.28. The van der Waals surface area contributed by atoms with Gasteiger partial charge in [-0.2, -0.15) is 0 Å². The van der Waals surface area contributed by atoms with E-state index in [2.05, 4.69) is 16.8 Å². The van der Waals surface area contributed by atoms with E-state index < -0.39 is 29.7 Å². The summed E-state index contributed by atoms with van der Waals surface area (Å²) >= 11 is 0. The Labute approximate surface area is 108 Å². The molecule has 1 aliphatic rings. The number of ether oxygens (including phenoxy) is 1. The third-order valence-corrected chi connectivity index (χ3v) is 2.92. The van der Waals surface area contributed by atoms with Crippen molar-refractivity contribution >= 4 is 0 Å². The lowest BCUT2D eigenvalue weighted by atomic mass is 10.2. The lowest BCUT2D eigenvalue weighted by Crippen LogP contribution is -2.33. The normalized spacial score (nSPS) is 25.9. The molecule has 1 aromatic heterocycles. The van der Waals surface area contributed by atoms with E-state index in [1.807, 2.05) is 0 Å². The Bertz CT molecular complexity index is 636. The van der Waals surface area contributed by atoms with Gasteiger partial charge < -0.3 is 14.9 Å². The first kappa shape index (κ1) is 13.5. The van der Waals surface area contributed by atoms with E-state index in [0.717, 1.165) is 0 Å². The van der Waals surface area contributed by atoms with E-state index in [1.165, 1.54) is 10.8 Å². The number of aliphatic hydroxyl groups is 2. The van der Waals surface area contributed by atoms with Crippen LogP contribution in [-0.2, 0) is 4.74 Å². The second-order valence-electron chi connectivity index (χ2n) is 4.20. The second-order valence-corrected chi connectivity index (χ2v) is 4.20. The summed E-state index contributed by atoms with van der Waals surface area (Å²) in [6.07, 6.45) is -0.849. The van der Waals surface area contributed by atoms with Crippen LogP contribution >= 0.6 is 0 Å². The summed E-state index contributed by atoms with van der Waals surface area (Å²) in [5.74, 6) is 5.16. The van der Waals surface area contributed by atoms with Crippen LogP contribution in [0.4, 0.5) is 0 Å². The van der Waals surface area contributed by atoms with Gasteiger partial charge in [0.1, 0.15) is 17.9 Å². The quantitative estimate of drug-likeness (QED) is 0.568. The van der Waals surface area contributed by atoms with Crippen molar-refractivity contribution in [1.29, 1.82) is 0 Å². The number of aliphatic hydroxyl groups excluding tert-OH is 2. The zero-order valence-electron chi connectivity index (χ0n) is 10.3. The number of aromatic amines is 1. The van der Waals surface area contributed by atoms with Crippen molar-refractivity contribution in [2.45, 2.75) is 31.8 Å². The summed E-state index contributed by atoms with van der Waals surface area (Å²) in [5.41, 5.74) is -1.05. The Hall–Kier alpha value is -1.88. The molecule has 0 saturated carbocycles. The summed E-state index contributed by atoms with van der Waals surface area (Å²) in [6.45, 7) is 1.24. The Balaban J connectivity index is 2.40. The summed E-state index contributed by atoms with van der Waals surface area (Å²) in [7, 11) is 0. The van der Waals surface area contributed by atoms with Gasteiger partial charge in [-0.25, -0.2) is 4.79 Å². The number of hydrogen-bond acceptors (Lipinski definition) is 5. The molecule has 0 aromatic carbocycles. The molecule has 0 amide bonds. The first-order valence-electron chi connectivity index (χ1n) is 5.79. The summed E-state index contributed by atoms with van der Waals surface area (Å²) in [6, 6.07) is 0. The van der Waals surface area contributed by atoms with E-state index >= 15 is 0 Å². The van der Waals surface area contributed by atoms with Crippen LogP contribution < -0.4 is 11.2 Å². The average Bonchev–Trinajstić information content (AvgIpc) is 2.74. The third kappa shape index (κ3) is 2.61. The molecule has 1 saturated heterocycles. The molecule has 1 fully saturated rings. The van der Waals surface area contributed by atoms with E-state index in [0.29, 0.717) is 0 Å². The maximum Gasteiger partial charge on any atom is 0.330 e. The number of hydrogen-bond donors (Lipinski definition) is 3. The van der Waals surface area contributed by atoms with Crippen molar-refractivity contribution in [2.24, 2.45) is 0 Å². The van der Waals surface area contributed by atoms with E-state index in [1.54, 1.807) is 6.92 Å². The van der Waals surface area contributed by atoms with Gasteiger partial charge in [0.25, 0.3) is 5.56 Å². The van der Waals surface area contributed by atoms with Crippen molar-refractivity contribution < 1.29 is 14.9 Å². The first-order chi connectivity index (χ1) is 9.06. The van der Waals surface area contributed by atoms with Crippen LogP contribution in [0, 0.1) is 11.8 Å². The maximum atomic E-state index is 11.7. The largest absolute Gasteiger partial charge is 0.394 e. The second kappa shape index (κ2) is 5.40. The molecule has 3 atom stereocenters. The van der Waals surface area contributed by atoms with Gasteiger partial charge in [0, 0.05) is 12.6 Å². The highest BCUT2D eigenvalue weighted by atomic mass is 16.5. The van der Waals surface area contributed by atoms with E-state index in [-0.39, 0.29) is 18.6 Å². The van der Waals surface area contributed by atoms with Crippen molar-refractivity contribution in [2.75, 3.05) is 6.61 Å². The molecule has 0 unspecified atom stereocenters. The Morgan fingerprint density at radius 1 is 1.58 bits per heavy atom. The molecular formula is C12H14N2O5. The molecule has 19 heavy (non-hydrogen) atoms. The van der Waals surface area contributed by atoms with E-state index in [9.17, 15) is 14.7 Å². The van der Waals surface area contributed by atoms with Gasteiger partial charge in [-0.1, -0.05) is 5.92 Å². The van der Waals surface area contributed by atoms with Crippen molar-refractivity contribution in [3.05, 3.63) is 32.6 Å². The number of nitrogens with one attached hydrogen (secondary N) is 1. The van der Waals surface area contributed by atoms with Gasteiger partial charge in [0.2, 0.25) is 0 Å².